The third kappa shape index (κ3) is 1.49. The molecule has 0 aromatic carbocycles. The van der Waals surface area contributed by atoms with E-state index in [1.807, 2.05) is 18.5 Å². The summed E-state index contributed by atoms with van der Waals surface area (Å²) in [5.41, 5.74) is 7.17. The topological polar surface area (TPSA) is 64.1 Å². The molecule has 0 bridgehead atoms. The zero-order chi connectivity index (χ0) is 9.14. The van der Waals surface area contributed by atoms with Crippen LogP contribution in [0.4, 0.5) is 0 Å². The van der Waals surface area contributed by atoms with Gasteiger partial charge >= 0.3 is 0 Å². The first kappa shape index (κ1) is 9.22. The normalized spacial score (nSPS) is 13.3. The van der Waals surface area contributed by atoms with Crippen LogP contribution in [0.2, 0.25) is 0 Å². The molecule has 1 heterocycles. The minimum Gasteiger partial charge on any atom is -0.387 e. The molecule has 0 radical (unpaired) electrons. The maximum atomic E-state index is 9.44. The van der Waals surface area contributed by atoms with E-state index in [-0.39, 0.29) is 6.54 Å². The van der Waals surface area contributed by atoms with Crippen molar-refractivity contribution in [2.45, 2.75) is 26.5 Å². The van der Waals surface area contributed by atoms with Crippen molar-refractivity contribution in [2.24, 2.45) is 5.73 Å². The molecule has 12 heavy (non-hydrogen) atoms. The van der Waals surface area contributed by atoms with Crippen LogP contribution in [0.1, 0.15) is 24.3 Å². The van der Waals surface area contributed by atoms with Gasteiger partial charge in [-0.15, -0.1) is 0 Å². The smallest absolute Gasteiger partial charge is 0.0945 e. The van der Waals surface area contributed by atoms with E-state index in [0.717, 1.165) is 17.8 Å². The third-order valence-electron chi connectivity index (χ3n) is 2.02. The van der Waals surface area contributed by atoms with Gasteiger partial charge in [0, 0.05) is 24.3 Å². The van der Waals surface area contributed by atoms with Crippen LogP contribution >= 0.6 is 0 Å². The van der Waals surface area contributed by atoms with Gasteiger partial charge in [-0.2, -0.15) is 5.10 Å². The van der Waals surface area contributed by atoms with E-state index in [2.05, 4.69) is 5.10 Å². The fourth-order valence-electron chi connectivity index (χ4n) is 1.23. The third-order valence-corrected chi connectivity index (χ3v) is 2.02. The van der Waals surface area contributed by atoms with Crippen LogP contribution in [-0.2, 0) is 6.54 Å². The van der Waals surface area contributed by atoms with Crippen molar-refractivity contribution < 1.29 is 5.11 Å². The summed E-state index contributed by atoms with van der Waals surface area (Å²) in [6, 6.07) is 0. The number of aryl methyl sites for hydroxylation is 1. The molecule has 1 rings (SSSR count). The first-order valence-electron chi connectivity index (χ1n) is 4.11. The number of aliphatic hydroxyl groups is 1. The van der Waals surface area contributed by atoms with E-state index in [9.17, 15) is 5.11 Å². The van der Waals surface area contributed by atoms with E-state index in [1.165, 1.54) is 0 Å². The summed E-state index contributed by atoms with van der Waals surface area (Å²) in [6.07, 6.45) is 1.10. The van der Waals surface area contributed by atoms with Gasteiger partial charge in [0.15, 0.2) is 0 Å². The van der Waals surface area contributed by atoms with Gasteiger partial charge in [0.1, 0.15) is 0 Å². The van der Waals surface area contributed by atoms with Crippen molar-refractivity contribution >= 4 is 0 Å². The van der Waals surface area contributed by atoms with Crippen molar-refractivity contribution in [3.05, 3.63) is 17.5 Å². The van der Waals surface area contributed by atoms with E-state index in [1.54, 1.807) is 6.20 Å². The molecule has 0 saturated heterocycles. The minimum atomic E-state index is -0.578. The first-order valence-corrected chi connectivity index (χ1v) is 4.11. The Hall–Kier alpha value is -0.870. The largest absolute Gasteiger partial charge is 0.387 e. The summed E-state index contributed by atoms with van der Waals surface area (Å²) < 4.78 is 1.84. The van der Waals surface area contributed by atoms with Crippen LogP contribution in [-0.4, -0.2) is 21.4 Å². The number of aromatic nitrogens is 2. The number of rotatable bonds is 3. The molecule has 0 spiro atoms. The summed E-state index contributed by atoms with van der Waals surface area (Å²) >= 11 is 0. The quantitative estimate of drug-likeness (QED) is 0.679. The van der Waals surface area contributed by atoms with Gasteiger partial charge in [-0.05, 0) is 13.8 Å². The molecule has 3 N–H and O–H groups in total. The Morgan fingerprint density at radius 3 is 2.83 bits per heavy atom. The number of nitrogens with two attached hydrogens (primary N) is 1. The Bertz CT molecular complexity index is 257. The molecule has 0 amide bonds. The Morgan fingerprint density at radius 1 is 1.75 bits per heavy atom. The summed E-state index contributed by atoms with van der Waals surface area (Å²) in [4.78, 5) is 0. The standard InChI is InChI=1S/C8H15N3O/c1-3-11-6(2)7(5-10-11)8(12)4-9/h5,8,12H,3-4,9H2,1-2H3. The van der Waals surface area contributed by atoms with Crippen LogP contribution in [0.15, 0.2) is 6.20 Å². The van der Waals surface area contributed by atoms with Gasteiger partial charge < -0.3 is 10.8 Å². The molecule has 1 aromatic heterocycles. The molecule has 0 aliphatic heterocycles. The predicted octanol–water partition coefficient (Wildman–Crippen LogP) is 0.204. The lowest BCUT2D eigenvalue weighted by molar-refractivity contribution is 0.186. The van der Waals surface area contributed by atoms with Gasteiger partial charge in [-0.25, -0.2) is 0 Å². The molecule has 4 nitrogen and oxygen atoms in total. The molecule has 0 saturated carbocycles. The lowest BCUT2D eigenvalue weighted by Gasteiger charge is -2.06. The van der Waals surface area contributed by atoms with Crippen molar-refractivity contribution in [1.29, 1.82) is 0 Å². The second-order valence-corrected chi connectivity index (χ2v) is 2.75. The maximum Gasteiger partial charge on any atom is 0.0945 e. The van der Waals surface area contributed by atoms with Gasteiger partial charge in [0.25, 0.3) is 0 Å². The van der Waals surface area contributed by atoms with Crippen molar-refractivity contribution in [2.75, 3.05) is 6.54 Å². The SMILES string of the molecule is CCn1ncc(C(O)CN)c1C. The van der Waals surface area contributed by atoms with E-state index >= 15 is 0 Å². The van der Waals surface area contributed by atoms with Crippen molar-refractivity contribution in [3.63, 3.8) is 0 Å². The second kappa shape index (κ2) is 3.69. The van der Waals surface area contributed by atoms with Crippen LogP contribution in [0, 0.1) is 6.92 Å². The highest BCUT2D eigenvalue weighted by atomic mass is 16.3. The molecular formula is C8H15N3O. The number of hydrogen-bond donors (Lipinski definition) is 2. The van der Waals surface area contributed by atoms with Gasteiger partial charge in [0.2, 0.25) is 0 Å². The Morgan fingerprint density at radius 2 is 2.42 bits per heavy atom. The zero-order valence-electron chi connectivity index (χ0n) is 7.49. The minimum absolute atomic E-state index is 0.246. The average Bonchev–Trinajstić information content (AvgIpc) is 2.45. The fraction of sp³-hybridized carbons (Fsp3) is 0.625. The van der Waals surface area contributed by atoms with Crippen LogP contribution in [0.3, 0.4) is 0 Å². The Kier molecular flexibility index (Phi) is 2.83. The van der Waals surface area contributed by atoms with Gasteiger partial charge in [-0.1, -0.05) is 0 Å². The summed E-state index contributed by atoms with van der Waals surface area (Å²) in [7, 11) is 0. The van der Waals surface area contributed by atoms with Crippen LogP contribution in [0.25, 0.3) is 0 Å². The number of hydrogen-bond acceptors (Lipinski definition) is 3. The second-order valence-electron chi connectivity index (χ2n) is 2.75. The van der Waals surface area contributed by atoms with Crippen LogP contribution < -0.4 is 5.73 Å². The van der Waals surface area contributed by atoms with E-state index < -0.39 is 6.10 Å². The van der Waals surface area contributed by atoms with E-state index in [0.29, 0.717) is 0 Å². The lowest BCUT2D eigenvalue weighted by atomic mass is 10.1. The molecule has 68 valence electrons. The molecule has 0 aliphatic carbocycles. The monoisotopic (exact) mass is 169 g/mol. The molecule has 1 atom stereocenters. The highest BCUT2D eigenvalue weighted by molar-refractivity contribution is 5.19. The van der Waals surface area contributed by atoms with Crippen molar-refractivity contribution in [1.82, 2.24) is 9.78 Å². The molecular weight excluding hydrogens is 154 g/mol. The summed E-state index contributed by atoms with van der Waals surface area (Å²) in [6.45, 7) is 5.02. The highest BCUT2D eigenvalue weighted by Gasteiger charge is 2.11. The lowest BCUT2D eigenvalue weighted by Crippen LogP contribution is -2.12. The molecule has 1 unspecified atom stereocenters. The molecule has 4 heteroatoms. The fourth-order valence-corrected chi connectivity index (χ4v) is 1.23. The molecule has 0 aliphatic rings. The van der Waals surface area contributed by atoms with Gasteiger partial charge in [0.05, 0.1) is 12.3 Å². The number of nitrogens with zero attached hydrogens (tertiary/aromatic N) is 2. The zero-order valence-corrected chi connectivity index (χ0v) is 7.49. The van der Waals surface area contributed by atoms with Crippen molar-refractivity contribution in [3.8, 4) is 0 Å². The van der Waals surface area contributed by atoms with Crippen LogP contribution in [0.5, 0.6) is 0 Å². The molecule has 0 fully saturated rings. The summed E-state index contributed by atoms with van der Waals surface area (Å²) in [5, 5.41) is 13.5. The molecule has 1 aromatic rings. The number of aliphatic hydroxyl groups excluding tert-OH is 1. The maximum absolute atomic E-state index is 9.44. The highest BCUT2D eigenvalue weighted by Crippen LogP contribution is 2.15. The van der Waals surface area contributed by atoms with Gasteiger partial charge in [-0.3, -0.25) is 4.68 Å². The first-order chi connectivity index (χ1) is 5.70. The Balaban J connectivity index is 2.93. The van der Waals surface area contributed by atoms with E-state index in [4.69, 9.17) is 5.73 Å². The average molecular weight is 169 g/mol. The Labute approximate surface area is 72.0 Å². The summed E-state index contributed by atoms with van der Waals surface area (Å²) in [5.74, 6) is 0. The predicted molar refractivity (Wildman–Crippen MR) is 46.7 cm³/mol.